The molecule has 1 amide bonds. The number of methoxy groups -OCH3 is 1. The lowest BCUT2D eigenvalue weighted by molar-refractivity contribution is 0.0996. The van der Waals surface area contributed by atoms with Crippen molar-refractivity contribution in [3.63, 3.8) is 0 Å². The fraction of sp³-hybridized carbons (Fsp3) is 0.231. The molecule has 0 radical (unpaired) electrons. The molecule has 0 saturated heterocycles. The standard InChI is InChI=1S/C13H14N2O2S/c1-3-8-6-9(4-5-11(8)17-2)13-15-10(7-18-13)12(14)16/h4-7H,3H2,1-2H3,(H2,14,16). The van der Waals surface area contributed by atoms with Crippen LogP contribution in [0.5, 0.6) is 5.75 Å². The van der Waals surface area contributed by atoms with Gasteiger partial charge in [0.05, 0.1) is 7.11 Å². The number of aromatic nitrogens is 1. The van der Waals surface area contributed by atoms with E-state index in [2.05, 4.69) is 11.9 Å². The van der Waals surface area contributed by atoms with Crippen LogP contribution in [0.25, 0.3) is 10.6 Å². The van der Waals surface area contributed by atoms with E-state index in [0.29, 0.717) is 5.69 Å². The van der Waals surface area contributed by atoms with Crippen molar-refractivity contribution >= 4 is 17.2 Å². The van der Waals surface area contributed by atoms with Crippen LogP contribution in [0.15, 0.2) is 23.6 Å². The Bertz CT molecular complexity index is 578. The van der Waals surface area contributed by atoms with Crippen LogP contribution in [0.3, 0.4) is 0 Å². The highest BCUT2D eigenvalue weighted by molar-refractivity contribution is 7.13. The Morgan fingerprint density at radius 3 is 2.83 bits per heavy atom. The molecule has 2 aromatic rings. The zero-order valence-electron chi connectivity index (χ0n) is 10.3. The molecule has 18 heavy (non-hydrogen) atoms. The predicted octanol–water partition coefficient (Wildman–Crippen LogP) is 2.48. The van der Waals surface area contributed by atoms with Gasteiger partial charge < -0.3 is 10.5 Å². The third kappa shape index (κ3) is 2.36. The first kappa shape index (κ1) is 12.6. The van der Waals surface area contributed by atoms with E-state index in [-0.39, 0.29) is 0 Å². The molecule has 0 aliphatic rings. The molecular weight excluding hydrogens is 248 g/mol. The highest BCUT2D eigenvalue weighted by Crippen LogP contribution is 2.29. The molecule has 1 heterocycles. The summed E-state index contributed by atoms with van der Waals surface area (Å²) < 4.78 is 5.28. The zero-order chi connectivity index (χ0) is 13.1. The highest BCUT2D eigenvalue weighted by atomic mass is 32.1. The molecule has 0 bridgehead atoms. The topological polar surface area (TPSA) is 65.2 Å². The number of hydrogen-bond donors (Lipinski definition) is 1. The highest BCUT2D eigenvalue weighted by Gasteiger charge is 2.10. The second-order valence-electron chi connectivity index (χ2n) is 3.78. The quantitative estimate of drug-likeness (QED) is 0.920. The van der Waals surface area contributed by atoms with E-state index in [1.54, 1.807) is 12.5 Å². The molecule has 4 nitrogen and oxygen atoms in total. The van der Waals surface area contributed by atoms with Gasteiger partial charge in [-0.3, -0.25) is 4.79 Å². The van der Waals surface area contributed by atoms with Gasteiger partial charge in [0.25, 0.3) is 5.91 Å². The maximum atomic E-state index is 11.0. The van der Waals surface area contributed by atoms with Crippen LogP contribution in [0.4, 0.5) is 0 Å². The van der Waals surface area contributed by atoms with Crippen molar-refractivity contribution in [2.45, 2.75) is 13.3 Å². The minimum Gasteiger partial charge on any atom is -0.496 e. The summed E-state index contributed by atoms with van der Waals surface area (Å²) >= 11 is 1.41. The molecule has 0 aliphatic heterocycles. The van der Waals surface area contributed by atoms with Crippen LogP contribution < -0.4 is 10.5 Å². The monoisotopic (exact) mass is 262 g/mol. The van der Waals surface area contributed by atoms with Crippen LogP contribution >= 0.6 is 11.3 Å². The summed E-state index contributed by atoms with van der Waals surface area (Å²) in [5.74, 6) is 0.370. The summed E-state index contributed by atoms with van der Waals surface area (Å²) in [4.78, 5) is 15.2. The zero-order valence-corrected chi connectivity index (χ0v) is 11.1. The predicted molar refractivity (Wildman–Crippen MR) is 72.0 cm³/mol. The van der Waals surface area contributed by atoms with E-state index < -0.39 is 5.91 Å². The number of benzene rings is 1. The molecule has 0 spiro atoms. The Labute approximate surface area is 109 Å². The van der Waals surface area contributed by atoms with Gasteiger partial charge in [-0.25, -0.2) is 4.98 Å². The van der Waals surface area contributed by atoms with Gasteiger partial charge >= 0.3 is 0 Å². The smallest absolute Gasteiger partial charge is 0.268 e. The van der Waals surface area contributed by atoms with E-state index in [4.69, 9.17) is 10.5 Å². The maximum absolute atomic E-state index is 11.0. The first-order chi connectivity index (χ1) is 8.65. The lowest BCUT2D eigenvalue weighted by atomic mass is 10.1. The molecule has 0 atom stereocenters. The Kier molecular flexibility index (Phi) is 3.62. The van der Waals surface area contributed by atoms with Crippen molar-refractivity contribution in [1.29, 1.82) is 0 Å². The van der Waals surface area contributed by atoms with Crippen LogP contribution in [0, 0.1) is 0 Å². The largest absolute Gasteiger partial charge is 0.496 e. The Hall–Kier alpha value is -1.88. The summed E-state index contributed by atoms with van der Waals surface area (Å²) in [6.07, 6.45) is 0.880. The number of ether oxygens (including phenoxy) is 1. The van der Waals surface area contributed by atoms with Crippen LogP contribution in [-0.2, 0) is 6.42 Å². The lowest BCUT2D eigenvalue weighted by Gasteiger charge is -2.07. The van der Waals surface area contributed by atoms with Crippen LogP contribution in [0.1, 0.15) is 23.0 Å². The fourth-order valence-corrected chi connectivity index (χ4v) is 2.51. The van der Waals surface area contributed by atoms with Gasteiger partial charge in [0, 0.05) is 10.9 Å². The number of nitrogens with two attached hydrogens (primary N) is 1. The molecule has 2 rings (SSSR count). The average molecular weight is 262 g/mol. The number of aryl methyl sites for hydroxylation is 1. The molecule has 0 aliphatic carbocycles. The van der Waals surface area contributed by atoms with E-state index in [0.717, 1.165) is 28.3 Å². The van der Waals surface area contributed by atoms with Gasteiger partial charge in [-0.15, -0.1) is 11.3 Å². The Balaban J connectivity index is 2.41. The second-order valence-corrected chi connectivity index (χ2v) is 4.64. The first-order valence-corrected chi connectivity index (χ1v) is 6.46. The van der Waals surface area contributed by atoms with Crippen molar-refractivity contribution < 1.29 is 9.53 Å². The third-order valence-electron chi connectivity index (χ3n) is 2.66. The van der Waals surface area contributed by atoms with E-state index >= 15 is 0 Å². The molecular formula is C13H14N2O2S. The summed E-state index contributed by atoms with van der Waals surface area (Å²) in [7, 11) is 1.66. The SMILES string of the molecule is CCc1cc(-c2nc(C(N)=O)cs2)ccc1OC. The first-order valence-electron chi connectivity index (χ1n) is 5.58. The number of carbonyl (C=O) groups excluding carboxylic acids is 1. The average Bonchev–Trinajstić information content (AvgIpc) is 2.87. The number of rotatable bonds is 4. The number of nitrogens with zero attached hydrogens (tertiary/aromatic N) is 1. The number of amides is 1. The van der Waals surface area contributed by atoms with Gasteiger partial charge in [-0.1, -0.05) is 6.92 Å². The van der Waals surface area contributed by atoms with E-state index in [1.807, 2.05) is 18.2 Å². The lowest BCUT2D eigenvalue weighted by Crippen LogP contribution is -2.10. The second kappa shape index (κ2) is 5.18. The van der Waals surface area contributed by atoms with Crippen molar-refractivity contribution in [2.24, 2.45) is 5.73 Å². The van der Waals surface area contributed by atoms with Crippen LogP contribution in [-0.4, -0.2) is 18.0 Å². The molecule has 0 saturated carbocycles. The maximum Gasteiger partial charge on any atom is 0.268 e. The van der Waals surface area contributed by atoms with Crippen molar-refractivity contribution in [3.05, 3.63) is 34.8 Å². The van der Waals surface area contributed by atoms with Crippen molar-refractivity contribution in [3.8, 4) is 16.3 Å². The Morgan fingerprint density at radius 2 is 2.28 bits per heavy atom. The van der Waals surface area contributed by atoms with E-state index in [9.17, 15) is 4.79 Å². The van der Waals surface area contributed by atoms with Gasteiger partial charge in [-0.05, 0) is 30.2 Å². The molecule has 94 valence electrons. The summed E-state index contributed by atoms with van der Waals surface area (Å²) in [6, 6.07) is 5.88. The van der Waals surface area contributed by atoms with Gasteiger partial charge in [0.1, 0.15) is 16.5 Å². The van der Waals surface area contributed by atoms with Crippen LogP contribution in [0.2, 0.25) is 0 Å². The van der Waals surface area contributed by atoms with Gasteiger partial charge in [0.2, 0.25) is 0 Å². The minimum atomic E-state index is -0.498. The molecule has 2 N–H and O–H groups in total. The Morgan fingerprint density at radius 1 is 1.50 bits per heavy atom. The molecule has 1 aromatic heterocycles. The summed E-state index contributed by atoms with van der Waals surface area (Å²) in [6.45, 7) is 2.07. The summed E-state index contributed by atoms with van der Waals surface area (Å²) in [5.41, 5.74) is 7.59. The number of primary amides is 1. The molecule has 0 fully saturated rings. The third-order valence-corrected chi connectivity index (χ3v) is 3.56. The molecule has 0 unspecified atom stereocenters. The molecule has 5 heteroatoms. The minimum absolute atomic E-state index is 0.309. The fourth-order valence-electron chi connectivity index (χ4n) is 1.71. The normalized spacial score (nSPS) is 10.3. The van der Waals surface area contributed by atoms with Gasteiger partial charge in [-0.2, -0.15) is 0 Å². The van der Waals surface area contributed by atoms with E-state index in [1.165, 1.54) is 11.3 Å². The summed E-state index contributed by atoms with van der Waals surface area (Å²) in [5, 5.41) is 2.47. The number of thiazole rings is 1. The molecule has 1 aromatic carbocycles. The van der Waals surface area contributed by atoms with Gasteiger partial charge in [0.15, 0.2) is 0 Å². The number of hydrogen-bond acceptors (Lipinski definition) is 4. The van der Waals surface area contributed by atoms with Crippen molar-refractivity contribution in [1.82, 2.24) is 4.98 Å². The number of carbonyl (C=O) groups is 1. The van der Waals surface area contributed by atoms with Crippen molar-refractivity contribution in [2.75, 3.05) is 7.11 Å².